The number of ether oxygens (including phenoxy) is 3. The number of halogens is 1. The molecule has 0 bridgehead atoms. The minimum Gasteiger partial charge on any atom is -0.547 e. The van der Waals surface area contributed by atoms with E-state index in [2.05, 4.69) is 4.90 Å². The molecular weight excluding hydrogens is 472 g/mol. The number of carbonyl (C=O) groups is 1. The van der Waals surface area contributed by atoms with E-state index < -0.39 is 17.7 Å². The van der Waals surface area contributed by atoms with E-state index in [1.165, 1.54) is 25.7 Å². The molecule has 0 aromatic heterocycles. The molecule has 0 N–H and O–H groups in total. The van der Waals surface area contributed by atoms with Crippen LogP contribution in [-0.2, 0) is 19.0 Å². The number of carbonyl (C=O) groups excluding carboxylic acids is 1. The second kappa shape index (κ2) is 15.1. The van der Waals surface area contributed by atoms with E-state index in [9.17, 15) is 14.3 Å². The fourth-order valence-corrected chi connectivity index (χ4v) is 7.28. The van der Waals surface area contributed by atoms with Crippen LogP contribution in [0.3, 0.4) is 0 Å². The maximum atomic E-state index is 14.6. The van der Waals surface area contributed by atoms with Gasteiger partial charge in [-0.05, 0) is 83.0 Å². The zero-order chi connectivity index (χ0) is 24.7. The number of rotatable bonds is 11. The molecule has 4 rings (SSSR count). The van der Waals surface area contributed by atoms with Crippen LogP contribution in [0, 0.1) is 11.8 Å². The molecule has 202 valence electrons. The maximum absolute atomic E-state index is 14.6. The van der Waals surface area contributed by atoms with Gasteiger partial charge in [0.05, 0.1) is 31.4 Å². The van der Waals surface area contributed by atoms with Crippen LogP contribution in [0.1, 0.15) is 96.8 Å². The van der Waals surface area contributed by atoms with Crippen molar-refractivity contribution in [3.8, 4) is 0 Å². The number of hydrogen-bond acceptors (Lipinski definition) is 6. The number of fused-ring (bicyclic) bond motifs is 1. The zero-order valence-corrected chi connectivity index (χ0v) is 24.8. The Bertz CT molecular complexity index is 662. The van der Waals surface area contributed by atoms with Gasteiger partial charge in [-0.15, -0.1) is 0 Å². The summed E-state index contributed by atoms with van der Waals surface area (Å²) >= 11 is 0. The standard InChI is InChI=1S/C28H48FNO5.Na/c1-2-35-28(27(31)32,20-22-7-3-4-8-24(22)29)19-21-11-13-23(14-12-21)33-17-15-30-16-18-34-26-10-6-5-9-25(26)30;/h21-26H,2-20H2,1H3,(H,31,32);/q;+1/p-1. The van der Waals surface area contributed by atoms with Gasteiger partial charge in [-0.25, -0.2) is 4.39 Å². The SMILES string of the molecule is CCOC(CC1CCC(OCCN2CCOC3CCCCC32)CC1)(CC1CCCCC1F)C(=O)[O-].[Na+]. The van der Waals surface area contributed by atoms with Gasteiger partial charge in [0.25, 0.3) is 0 Å². The van der Waals surface area contributed by atoms with E-state index in [4.69, 9.17) is 14.2 Å². The summed E-state index contributed by atoms with van der Waals surface area (Å²) in [6.45, 7) is 5.67. The molecule has 1 aliphatic heterocycles. The molecule has 0 spiro atoms. The molecule has 36 heavy (non-hydrogen) atoms. The van der Waals surface area contributed by atoms with Crippen molar-refractivity contribution in [2.45, 2.75) is 127 Å². The van der Waals surface area contributed by atoms with Gasteiger partial charge in [0.1, 0.15) is 11.8 Å². The topological polar surface area (TPSA) is 71.1 Å². The largest absolute Gasteiger partial charge is 1.00 e. The van der Waals surface area contributed by atoms with Gasteiger partial charge in [-0.2, -0.15) is 0 Å². The molecule has 5 unspecified atom stereocenters. The van der Waals surface area contributed by atoms with Crippen LogP contribution < -0.4 is 34.7 Å². The Morgan fingerprint density at radius 2 is 1.75 bits per heavy atom. The Kier molecular flexibility index (Phi) is 12.9. The van der Waals surface area contributed by atoms with Crippen molar-refractivity contribution in [2.24, 2.45) is 11.8 Å². The summed E-state index contributed by atoms with van der Waals surface area (Å²) in [5, 5.41) is 12.3. The van der Waals surface area contributed by atoms with Gasteiger partial charge < -0.3 is 24.1 Å². The van der Waals surface area contributed by atoms with Gasteiger partial charge >= 0.3 is 29.6 Å². The predicted molar refractivity (Wildman–Crippen MR) is 131 cm³/mol. The predicted octanol–water partition coefficient (Wildman–Crippen LogP) is 1.04. The second-order valence-electron chi connectivity index (χ2n) is 11.5. The molecule has 3 saturated carbocycles. The molecule has 6 nitrogen and oxygen atoms in total. The Morgan fingerprint density at radius 1 is 1.03 bits per heavy atom. The van der Waals surface area contributed by atoms with Crippen LogP contribution in [0.4, 0.5) is 4.39 Å². The third-order valence-electron chi connectivity index (χ3n) is 9.19. The number of morpholine rings is 1. The fourth-order valence-electron chi connectivity index (χ4n) is 7.28. The van der Waals surface area contributed by atoms with Crippen molar-refractivity contribution in [2.75, 3.05) is 32.9 Å². The van der Waals surface area contributed by atoms with Crippen LogP contribution in [0.15, 0.2) is 0 Å². The van der Waals surface area contributed by atoms with Crippen LogP contribution in [0.25, 0.3) is 0 Å². The van der Waals surface area contributed by atoms with Crippen molar-refractivity contribution in [1.82, 2.24) is 4.90 Å². The number of carboxylic acids is 1. The maximum Gasteiger partial charge on any atom is 1.00 e. The molecule has 0 aromatic rings. The van der Waals surface area contributed by atoms with Gasteiger partial charge in [0.15, 0.2) is 0 Å². The van der Waals surface area contributed by atoms with E-state index in [1.54, 1.807) is 0 Å². The number of alkyl halides is 1. The first kappa shape index (κ1) is 30.8. The Balaban J connectivity index is 0.00000361. The van der Waals surface area contributed by atoms with E-state index in [-0.39, 0.29) is 53.9 Å². The van der Waals surface area contributed by atoms with Gasteiger partial charge in [-0.3, -0.25) is 4.90 Å². The summed E-state index contributed by atoms with van der Waals surface area (Å²) in [6, 6.07) is 0.557. The molecule has 8 heteroatoms. The smallest absolute Gasteiger partial charge is 0.547 e. The van der Waals surface area contributed by atoms with Crippen molar-refractivity contribution in [3.63, 3.8) is 0 Å². The third-order valence-corrected chi connectivity index (χ3v) is 9.19. The molecule has 0 radical (unpaired) electrons. The van der Waals surface area contributed by atoms with Crippen LogP contribution >= 0.6 is 0 Å². The minimum absolute atomic E-state index is 0. The second-order valence-corrected chi connectivity index (χ2v) is 11.5. The van der Waals surface area contributed by atoms with Crippen molar-refractivity contribution in [1.29, 1.82) is 0 Å². The van der Waals surface area contributed by atoms with Crippen LogP contribution in [0.2, 0.25) is 0 Å². The molecule has 3 aliphatic carbocycles. The van der Waals surface area contributed by atoms with E-state index in [1.807, 2.05) is 6.92 Å². The first-order valence-corrected chi connectivity index (χ1v) is 14.5. The average molecular weight is 520 g/mol. The first-order chi connectivity index (χ1) is 17.0. The average Bonchev–Trinajstić information content (AvgIpc) is 2.86. The molecule has 0 aromatic carbocycles. The summed E-state index contributed by atoms with van der Waals surface area (Å²) in [7, 11) is 0. The Hall–Kier alpha value is 0.240. The van der Waals surface area contributed by atoms with Gasteiger partial charge in [0, 0.05) is 25.7 Å². The zero-order valence-electron chi connectivity index (χ0n) is 22.8. The molecule has 0 amide bonds. The van der Waals surface area contributed by atoms with Crippen molar-refractivity contribution in [3.05, 3.63) is 0 Å². The summed E-state index contributed by atoms with van der Waals surface area (Å²) in [4.78, 5) is 14.9. The first-order valence-electron chi connectivity index (χ1n) is 14.5. The summed E-state index contributed by atoms with van der Waals surface area (Å²) in [5.74, 6) is -1.15. The molecule has 4 fully saturated rings. The van der Waals surface area contributed by atoms with Gasteiger partial charge in [-0.1, -0.05) is 25.7 Å². The van der Waals surface area contributed by atoms with Gasteiger partial charge in [0.2, 0.25) is 0 Å². The van der Waals surface area contributed by atoms with Crippen molar-refractivity contribution >= 4 is 5.97 Å². The number of carboxylic acid groups (broad SMARTS) is 1. The number of nitrogens with zero attached hydrogens (tertiary/aromatic N) is 1. The summed E-state index contributed by atoms with van der Waals surface area (Å²) < 4.78 is 32.7. The minimum atomic E-state index is -1.37. The third kappa shape index (κ3) is 8.12. The van der Waals surface area contributed by atoms with Crippen LogP contribution in [0.5, 0.6) is 0 Å². The fraction of sp³-hybridized carbons (Fsp3) is 0.964. The van der Waals surface area contributed by atoms with E-state index >= 15 is 0 Å². The Labute approximate surface area is 239 Å². The molecule has 5 atom stereocenters. The molecule has 4 aliphatic rings. The quantitative estimate of drug-likeness (QED) is 0.380. The number of aliphatic carboxylic acids is 1. The summed E-state index contributed by atoms with van der Waals surface area (Å²) in [6.07, 6.45) is 12.3. The van der Waals surface area contributed by atoms with E-state index in [0.717, 1.165) is 71.2 Å². The van der Waals surface area contributed by atoms with Crippen molar-refractivity contribution < 1.29 is 58.1 Å². The molecule has 1 saturated heterocycles. The number of hydrogen-bond donors (Lipinski definition) is 0. The molecular formula is C28H47FNNaO5. The van der Waals surface area contributed by atoms with Crippen LogP contribution in [-0.4, -0.2) is 73.8 Å². The Morgan fingerprint density at radius 3 is 2.47 bits per heavy atom. The normalized spacial score (nSPS) is 35.3. The van der Waals surface area contributed by atoms with E-state index in [0.29, 0.717) is 31.6 Å². The summed E-state index contributed by atoms with van der Waals surface area (Å²) in [5.41, 5.74) is -1.37. The molecule has 1 heterocycles. The monoisotopic (exact) mass is 519 g/mol.